The van der Waals surface area contributed by atoms with Crippen LogP contribution in [-0.2, 0) is 0 Å². The van der Waals surface area contributed by atoms with Crippen LogP contribution < -0.4 is 0 Å². The molecule has 32 heavy (non-hydrogen) atoms. The predicted octanol–water partition coefficient (Wildman–Crippen LogP) is 11.6. The van der Waals surface area contributed by atoms with Crippen LogP contribution in [0, 0.1) is 5.77 Å². The zero-order chi connectivity index (χ0) is 21.7. The van der Waals surface area contributed by atoms with Gasteiger partial charge in [-0.2, -0.15) is 0 Å². The molecule has 0 unspecified atom stereocenters. The molecule has 6 aromatic heterocycles. The van der Waals surface area contributed by atoms with Crippen molar-refractivity contribution in [2.45, 2.75) is 0 Å². The third kappa shape index (κ3) is 4.49. The number of hydrogen-bond donors (Lipinski definition) is 0. The van der Waals surface area contributed by atoms with Gasteiger partial charge < -0.3 is 0 Å². The molecule has 0 aromatic carbocycles. The molecule has 0 fully saturated rings. The molecule has 0 radical (unpaired) electrons. The maximum absolute atomic E-state index is 2.39. The minimum Gasteiger partial charge on any atom is -0.134 e. The number of rotatable bonds is 5. The fourth-order valence-electron chi connectivity index (χ4n) is 3.30. The standard InChI is InChI=1S/C24H12I2S6/c25-23-11-9-21(31-23)19-7-5-17(29-19)15-3-1-13(27-15)14-2-4-16(28-14)18-6-8-20(30-18)22-10-12-24(26)32-22/h1-12H. The lowest BCUT2D eigenvalue weighted by Gasteiger charge is -1.93. The van der Waals surface area contributed by atoms with E-state index in [1.54, 1.807) is 0 Å². The Morgan fingerprint density at radius 2 is 0.469 bits per heavy atom. The molecule has 0 bridgehead atoms. The summed E-state index contributed by atoms with van der Waals surface area (Å²) in [5.74, 6) is 0. The average Bonchev–Trinajstić information content (AvgIpc) is 3.61. The van der Waals surface area contributed by atoms with Crippen molar-refractivity contribution in [1.29, 1.82) is 0 Å². The zero-order valence-electron chi connectivity index (χ0n) is 16.1. The van der Waals surface area contributed by atoms with Crippen LogP contribution in [-0.4, -0.2) is 0 Å². The Labute approximate surface area is 237 Å². The maximum atomic E-state index is 2.39. The maximum Gasteiger partial charge on any atom is 0.0660 e. The Kier molecular flexibility index (Phi) is 6.48. The van der Waals surface area contributed by atoms with E-state index >= 15 is 0 Å². The van der Waals surface area contributed by atoms with Gasteiger partial charge >= 0.3 is 0 Å². The normalized spacial score (nSPS) is 11.4. The van der Waals surface area contributed by atoms with Gasteiger partial charge in [0.05, 0.1) is 5.77 Å². The van der Waals surface area contributed by atoms with Crippen molar-refractivity contribution in [3.8, 4) is 48.8 Å². The minimum atomic E-state index is 1.34. The summed E-state index contributed by atoms with van der Waals surface area (Å²) < 4.78 is 2.67. The summed E-state index contributed by atoms with van der Waals surface area (Å²) in [6.45, 7) is 0. The Bertz CT molecular complexity index is 1400. The summed E-state index contributed by atoms with van der Waals surface area (Å²) in [5, 5.41) is 0. The predicted molar refractivity (Wildman–Crippen MR) is 166 cm³/mol. The summed E-state index contributed by atoms with van der Waals surface area (Å²) in [6, 6.07) is 27.0. The van der Waals surface area contributed by atoms with E-state index < -0.39 is 0 Å². The molecule has 8 heteroatoms. The van der Waals surface area contributed by atoms with Crippen molar-refractivity contribution in [3.63, 3.8) is 0 Å². The van der Waals surface area contributed by atoms with Crippen LogP contribution in [0.2, 0.25) is 0 Å². The van der Waals surface area contributed by atoms with Gasteiger partial charge in [0, 0.05) is 48.8 Å². The zero-order valence-corrected chi connectivity index (χ0v) is 25.3. The number of thiophene rings is 6. The van der Waals surface area contributed by atoms with Gasteiger partial charge in [0.1, 0.15) is 0 Å². The molecule has 6 aromatic rings. The van der Waals surface area contributed by atoms with Crippen molar-refractivity contribution in [2.24, 2.45) is 0 Å². The van der Waals surface area contributed by atoms with E-state index in [-0.39, 0.29) is 0 Å². The Hall–Kier alpha value is -0.340. The lowest BCUT2D eigenvalue weighted by molar-refractivity contribution is 1.89. The fraction of sp³-hybridized carbons (Fsp3) is 0. The van der Waals surface area contributed by atoms with E-state index in [9.17, 15) is 0 Å². The number of halogens is 2. The monoisotopic (exact) mass is 746 g/mol. The minimum absolute atomic E-state index is 1.34. The first kappa shape index (κ1) is 22.1. The molecule has 6 heterocycles. The second-order valence-electron chi connectivity index (χ2n) is 6.86. The molecule has 6 rings (SSSR count). The molecule has 0 aliphatic carbocycles. The highest BCUT2D eigenvalue weighted by Crippen LogP contribution is 2.45. The van der Waals surface area contributed by atoms with E-state index in [4.69, 9.17) is 0 Å². The Balaban J connectivity index is 1.24. The van der Waals surface area contributed by atoms with Gasteiger partial charge in [-0.15, -0.1) is 68.0 Å². The summed E-state index contributed by atoms with van der Waals surface area (Å²) in [5.41, 5.74) is 0. The van der Waals surface area contributed by atoms with Gasteiger partial charge in [-0.3, -0.25) is 0 Å². The van der Waals surface area contributed by atoms with Gasteiger partial charge in [-0.05, 0) is 118 Å². The van der Waals surface area contributed by atoms with E-state index in [0.717, 1.165) is 0 Å². The summed E-state index contributed by atoms with van der Waals surface area (Å²) >= 11 is 16.1. The largest absolute Gasteiger partial charge is 0.134 e. The van der Waals surface area contributed by atoms with Crippen LogP contribution in [0.25, 0.3) is 48.8 Å². The highest BCUT2D eigenvalue weighted by molar-refractivity contribution is 14.1. The van der Waals surface area contributed by atoms with Crippen molar-refractivity contribution in [3.05, 3.63) is 78.6 Å². The Morgan fingerprint density at radius 1 is 0.281 bits per heavy atom. The molecule has 0 amide bonds. The molecule has 158 valence electrons. The summed E-state index contributed by atoms with van der Waals surface area (Å²) in [4.78, 5) is 13.5. The Morgan fingerprint density at radius 3 is 0.656 bits per heavy atom. The lowest BCUT2D eigenvalue weighted by Crippen LogP contribution is -1.58. The highest BCUT2D eigenvalue weighted by Gasteiger charge is 2.13. The molecule has 0 saturated carbocycles. The molecule has 0 nitrogen and oxygen atoms in total. The van der Waals surface area contributed by atoms with Crippen molar-refractivity contribution in [2.75, 3.05) is 0 Å². The van der Waals surface area contributed by atoms with Gasteiger partial charge in [0.15, 0.2) is 0 Å². The van der Waals surface area contributed by atoms with Crippen LogP contribution in [0.4, 0.5) is 0 Å². The first-order valence-corrected chi connectivity index (χ1v) is 16.6. The van der Waals surface area contributed by atoms with Crippen LogP contribution >= 0.6 is 113 Å². The van der Waals surface area contributed by atoms with E-state index in [2.05, 4.69) is 118 Å². The van der Waals surface area contributed by atoms with Crippen LogP contribution in [0.5, 0.6) is 0 Å². The third-order valence-electron chi connectivity index (χ3n) is 4.78. The van der Waals surface area contributed by atoms with E-state index in [1.165, 1.54) is 54.5 Å². The topological polar surface area (TPSA) is 0 Å². The molecular weight excluding hydrogens is 734 g/mol. The molecule has 0 aliphatic rings. The third-order valence-corrected chi connectivity index (χ3v) is 13.9. The van der Waals surface area contributed by atoms with Crippen LogP contribution in [0.15, 0.2) is 72.8 Å². The van der Waals surface area contributed by atoms with Crippen LogP contribution in [0.1, 0.15) is 0 Å². The van der Waals surface area contributed by atoms with Crippen molar-refractivity contribution < 1.29 is 0 Å². The first-order chi connectivity index (χ1) is 15.6. The second-order valence-corrected chi connectivity index (χ2v) is 17.2. The second kappa shape index (κ2) is 9.37. The van der Waals surface area contributed by atoms with Gasteiger partial charge in [0.2, 0.25) is 0 Å². The number of hydrogen-bond acceptors (Lipinski definition) is 6. The highest BCUT2D eigenvalue weighted by atomic mass is 127. The summed E-state index contributed by atoms with van der Waals surface area (Å²) in [7, 11) is 0. The molecular formula is C24H12I2S6. The van der Waals surface area contributed by atoms with E-state index in [1.807, 2.05) is 68.0 Å². The summed E-state index contributed by atoms with van der Waals surface area (Å²) in [6.07, 6.45) is 0. The van der Waals surface area contributed by atoms with Gasteiger partial charge in [0.25, 0.3) is 0 Å². The van der Waals surface area contributed by atoms with Crippen molar-refractivity contribution in [1.82, 2.24) is 0 Å². The van der Waals surface area contributed by atoms with Gasteiger partial charge in [-0.1, -0.05) is 0 Å². The lowest BCUT2D eigenvalue weighted by atomic mass is 10.3. The molecule has 0 atom stereocenters. The van der Waals surface area contributed by atoms with E-state index in [0.29, 0.717) is 0 Å². The quantitative estimate of drug-likeness (QED) is 0.154. The van der Waals surface area contributed by atoms with Crippen molar-refractivity contribution >= 4 is 113 Å². The molecule has 0 N–H and O–H groups in total. The molecule has 0 saturated heterocycles. The smallest absolute Gasteiger partial charge is 0.0660 e. The molecule has 0 aliphatic heterocycles. The fourth-order valence-corrected chi connectivity index (χ4v) is 11.0. The molecule has 0 spiro atoms. The van der Waals surface area contributed by atoms with Crippen LogP contribution in [0.3, 0.4) is 0 Å². The SMILES string of the molecule is Ic1ccc(-c2ccc(-c3ccc(-c4ccc(-c5ccc(-c6ccc(I)s6)s5)s4)s3)s2)s1. The first-order valence-electron chi connectivity index (χ1n) is 9.54. The van der Waals surface area contributed by atoms with Gasteiger partial charge in [-0.25, -0.2) is 0 Å². The average molecular weight is 747 g/mol.